The first-order chi connectivity index (χ1) is 11.5. The Morgan fingerprint density at radius 3 is 2.79 bits per heavy atom. The molecule has 1 saturated heterocycles. The Labute approximate surface area is 143 Å². The predicted molar refractivity (Wildman–Crippen MR) is 97.3 cm³/mol. The Bertz CT molecular complexity index is 749. The molecule has 0 saturated carbocycles. The minimum absolute atomic E-state index is 0.115. The molecule has 0 atom stereocenters. The second-order valence-corrected chi connectivity index (χ2v) is 7.35. The molecule has 3 rings (SSSR count). The maximum Gasteiger partial charge on any atom is 0.251 e. The van der Waals surface area contributed by atoms with E-state index in [2.05, 4.69) is 33.7 Å². The normalized spacial score (nSPS) is 17.5. The van der Waals surface area contributed by atoms with Crippen molar-refractivity contribution in [2.24, 2.45) is 5.41 Å². The van der Waals surface area contributed by atoms with E-state index in [9.17, 15) is 4.79 Å². The van der Waals surface area contributed by atoms with Gasteiger partial charge in [-0.25, -0.2) is 9.97 Å². The third-order valence-electron chi connectivity index (χ3n) is 4.84. The fourth-order valence-corrected chi connectivity index (χ4v) is 3.19. The van der Waals surface area contributed by atoms with Gasteiger partial charge in [0.05, 0.1) is 0 Å². The molecule has 3 heterocycles. The maximum absolute atomic E-state index is 11.7. The summed E-state index contributed by atoms with van der Waals surface area (Å²) in [5.74, 6) is 1.60. The molecule has 2 aromatic heterocycles. The number of aromatic nitrogens is 3. The monoisotopic (exact) mass is 326 g/mol. The fourth-order valence-electron chi connectivity index (χ4n) is 3.19. The van der Waals surface area contributed by atoms with Crippen molar-refractivity contribution >= 4 is 5.82 Å². The van der Waals surface area contributed by atoms with Gasteiger partial charge in [-0.1, -0.05) is 20.8 Å². The van der Waals surface area contributed by atoms with E-state index in [1.54, 1.807) is 6.07 Å². The first kappa shape index (κ1) is 16.7. The highest BCUT2D eigenvalue weighted by atomic mass is 16.1. The van der Waals surface area contributed by atoms with Crippen molar-refractivity contribution in [3.63, 3.8) is 0 Å². The summed E-state index contributed by atoms with van der Waals surface area (Å²) in [5, 5.41) is 0. The second-order valence-electron chi connectivity index (χ2n) is 7.35. The van der Waals surface area contributed by atoms with E-state index in [0.29, 0.717) is 11.2 Å². The highest BCUT2D eigenvalue weighted by Gasteiger charge is 2.23. The van der Waals surface area contributed by atoms with E-state index in [0.717, 1.165) is 36.6 Å². The molecule has 5 heteroatoms. The number of hydrogen-bond donors (Lipinski definition) is 1. The summed E-state index contributed by atoms with van der Waals surface area (Å²) in [5.41, 5.74) is 1.95. The number of rotatable bonds is 3. The average Bonchev–Trinajstić information content (AvgIpc) is 2.75. The maximum atomic E-state index is 11.7. The highest BCUT2D eigenvalue weighted by molar-refractivity contribution is 5.56. The molecule has 1 fully saturated rings. The van der Waals surface area contributed by atoms with Gasteiger partial charge in [-0.3, -0.25) is 4.79 Å². The van der Waals surface area contributed by atoms with Crippen LogP contribution in [0.5, 0.6) is 0 Å². The summed E-state index contributed by atoms with van der Waals surface area (Å²) in [6.45, 7) is 8.77. The summed E-state index contributed by atoms with van der Waals surface area (Å²) in [6, 6.07) is 5.58. The third kappa shape index (κ3) is 3.83. The van der Waals surface area contributed by atoms with Crippen LogP contribution in [0.3, 0.4) is 0 Å². The summed E-state index contributed by atoms with van der Waals surface area (Å²) >= 11 is 0. The third-order valence-corrected chi connectivity index (χ3v) is 4.84. The largest absolute Gasteiger partial charge is 0.357 e. The summed E-state index contributed by atoms with van der Waals surface area (Å²) in [6.07, 6.45) is 6.19. The zero-order valence-corrected chi connectivity index (χ0v) is 14.8. The van der Waals surface area contributed by atoms with Crippen LogP contribution >= 0.6 is 0 Å². The molecule has 0 unspecified atom stereocenters. The van der Waals surface area contributed by atoms with Gasteiger partial charge in [0, 0.05) is 36.6 Å². The van der Waals surface area contributed by atoms with Crippen LogP contribution in [0.4, 0.5) is 5.82 Å². The number of aryl methyl sites for hydroxylation is 1. The van der Waals surface area contributed by atoms with Crippen LogP contribution in [0, 0.1) is 5.41 Å². The lowest BCUT2D eigenvalue weighted by molar-refractivity contribution is 0.325. The number of nitrogens with one attached hydrogen (secondary N) is 1. The highest BCUT2D eigenvalue weighted by Crippen LogP contribution is 2.31. The van der Waals surface area contributed by atoms with E-state index < -0.39 is 0 Å². The number of H-pyrrole nitrogens is 1. The molecule has 128 valence electrons. The van der Waals surface area contributed by atoms with Crippen molar-refractivity contribution in [3.05, 3.63) is 40.4 Å². The molecule has 2 aromatic rings. The van der Waals surface area contributed by atoms with Gasteiger partial charge in [-0.2, -0.15) is 0 Å². The van der Waals surface area contributed by atoms with Gasteiger partial charge in [-0.05, 0) is 43.2 Å². The predicted octanol–water partition coefficient (Wildman–Crippen LogP) is 3.41. The van der Waals surface area contributed by atoms with E-state index >= 15 is 0 Å². The van der Waals surface area contributed by atoms with Crippen LogP contribution in [0.2, 0.25) is 0 Å². The molecule has 1 N–H and O–H groups in total. The van der Waals surface area contributed by atoms with Gasteiger partial charge in [0.15, 0.2) is 0 Å². The van der Waals surface area contributed by atoms with Crippen LogP contribution in [0.25, 0.3) is 11.4 Å². The van der Waals surface area contributed by atoms with Crippen molar-refractivity contribution in [3.8, 4) is 11.4 Å². The smallest absolute Gasteiger partial charge is 0.251 e. The van der Waals surface area contributed by atoms with Crippen LogP contribution in [-0.4, -0.2) is 28.0 Å². The average molecular weight is 326 g/mol. The van der Waals surface area contributed by atoms with E-state index in [-0.39, 0.29) is 5.56 Å². The molecular formula is C19H26N4O. The van der Waals surface area contributed by atoms with Crippen molar-refractivity contribution in [2.45, 2.75) is 46.5 Å². The van der Waals surface area contributed by atoms with Gasteiger partial charge < -0.3 is 9.88 Å². The van der Waals surface area contributed by atoms with Crippen molar-refractivity contribution in [1.82, 2.24) is 15.0 Å². The number of aromatic amines is 1. The Kier molecular flexibility index (Phi) is 4.69. The number of nitrogens with zero attached hydrogens (tertiary/aromatic N) is 3. The molecule has 0 radical (unpaired) electrons. The lowest BCUT2D eigenvalue weighted by Gasteiger charge is -2.24. The molecule has 5 nitrogen and oxygen atoms in total. The van der Waals surface area contributed by atoms with Crippen molar-refractivity contribution in [1.29, 1.82) is 0 Å². The Morgan fingerprint density at radius 1 is 1.25 bits per heavy atom. The van der Waals surface area contributed by atoms with E-state index in [4.69, 9.17) is 0 Å². The molecule has 0 spiro atoms. The summed E-state index contributed by atoms with van der Waals surface area (Å²) in [4.78, 5) is 26.0. The quantitative estimate of drug-likeness (QED) is 0.939. The Hall–Kier alpha value is -2.17. The van der Waals surface area contributed by atoms with Crippen molar-refractivity contribution in [2.75, 3.05) is 18.0 Å². The molecule has 0 aliphatic carbocycles. The standard InChI is InChI=1S/C19H26N4O/c1-4-15-12-17(24)22-18(21-15)14-6-7-16(20-13-14)23-10-5-8-19(2,3)9-11-23/h6-7,12-13H,4-5,8-11H2,1-3H3,(H,21,22,24). The van der Waals surface area contributed by atoms with Gasteiger partial charge in [-0.15, -0.1) is 0 Å². The first-order valence-corrected chi connectivity index (χ1v) is 8.78. The van der Waals surface area contributed by atoms with Crippen LogP contribution in [-0.2, 0) is 6.42 Å². The number of hydrogen-bond acceptors (Lipinski definition) is 4. The van der Waals surface area contributed by atoms with Gasteiger partial charge >= 0.3 is 0 Å². The molecule has 1 aliphatic rings. The van der Waals surface area contributed by atoms with Gasteiger partial charge in [0.25, 0.3) is 5.56 Å². The van der Waals surface area contributed by atoms with Crippen molar-refractivity contribution < 1.29 is 0 Å². The molecule has 0 amide bonds. The first-order valence-electron chi connectivity index (χ1n) is 8.78. The van der Waals surface area contributed by atoms with E-state index in [1.165, 1.54) is 19.3 Å². The fraction of sp³-hybridized carbons (Fsp3) is 0.526. The summed E-state index contributed by atoms with van der Waals surface area (Å²) < 4.78 is 0. The van der Waals surface area contributed by atoms with Gasteiger partial charge in [0.2, 0.25) is 0 Å². The molecule has 0 aromatic carbocycles. The molecule has 24 heavy (non-hydrogen) atoms. The Balaban J connectivity index is 1.81. The number of anilines is 1. The minimum Gasteiger partial charge on any atom is -0.357 e. The molecular weight excluding hydrogens is 300 g/mol. The summed E-state index contributed by atoms with van der Waals surface area (Å²) in [7, 11) is 0. The minimum atomic E-state index is -0.115. The van der Waals surface area contributed by atoms with Crippen LogP contribution < -0.4 is 10.5 Å². The van der Waals surface area contributed by atoms with Crippen LogP contribution in [0.15, 0.2) is 29.2 Å². The lowest BCUT2D eigenvalue weighted by atomic mass is 9.85. The second kappa shape index (κ2) is 6.75. The number of pyridine rings is 1. The zero-order chi connectivity index (χ0) is 17.2. The zero-order valence-electron chi connectivity index (χ0n) is 14.8. The molecule has 1 aliphatic heterocycles. The van der Waals surface area contributed by atoms with Crippen LogP contribution in [0.1, 0.15) is 45.7 Å². The topological polar surface area (TPSA) is 61.9 Å². The van der Waals surface area contributed by atoms with E-state index in [1.807, 2.05) is 25.3 Å². The Morgan fingerprint density at radius 2 is 2.08 bits per heavy atom. The SMILES string of the molecule is CCc1cc(=O)[nH]c(-c2ccc(N3CCCC(C)(C)CC3)nc2)n1. The lowest BCUT2D eigenvalue weighted by Crippen LogP contribution is -2.25. The van der Waals surface area contributed by atoms with Gasteiger partial charge in [0.1, 0.15) is 11.6 Å². The molecule has 0 bridgehead atoms.